The number of carbonyl (C=O) groups excluding carboxylic acids is 1. The lowest BCUT2D eigenvalue weighted by Crippen LogP contribution is -2.33. The summed E-state index contributed by atoms with van der Waals surface area (Å²) in [7, 11) is 2.04. The first-order chi connectivity index (χ1) is 10.6. The van der Waals surface area contributed by atoms with Crippen molar-refractivity contribution in [2.45, 2.75) is 19.4 Å². The molecule has 0 aromatic heterocycles. The van der Waals surface area contributed by atoms with Gasteiger partial charge in [0.25, 0.3) is 0 Å². The van der Waals surface area contributed by atoms with Gasteiger partial charge in [-0.05, 0) is 49.2 Å². The summed E-state index contributed by atoms with van der Waals surface area (Å²) >= 11 is 0. The predicted molar refractivity (Wildman–Crippen MR) is 85.3 cm³/mol. The van der Waals surface area contributed by atoms with Crippen molar-refractivity contribution in [2.75, 3.05) is 13.6 Å². The molecule has 2 aromatic rings. The standard InChI is InChI=1S/C19H20FNO/c1-21(12-14-5-3-2-4-6-14)13-16-8-7-15-11-17(20)9-10-18(15)19(16)22/h2-6,9-11,16H,7-8,12-13H2,1H3. The number of fused-ring (bicyclic) bond motifs is 1. The van der Waals surface area contributed by atoms with Crippen LogP contribution >= 0.6 is 0 Å². The van der Waals surface area contributed by atoms with Gasteiger partial charge in [0, 0.05) is 24.6 Å². The second-order valence-corrected chi connectivity index (χ2v) is 6.08. The Kier molecular flexibility index (Phi) is 4.34. The van der Waals surface area contributed by atoms with E-state index in [0.717, 1.165) is 31.5 Å². The van der Waals surface area contributed by atoms with Crippen LogP contribution in [0.4, 0.5) is 4.39 Å². The summed E-state index contributed by atoms with van der Waals surface area (Å²) in [5, 5.41) is 0. The van der Waals surface area contributed by atoms with Crippen molar-refractivity contribution >= 4 is 5.78 Å². The second-order valence-electron chi connectivity index (χ2n) is 6.08. The molecule has 114 valence electrons. The van der Waals surface area contributed by atoms with Crippen LogP contribution in [-0.2, 0) is 13.0 Å². The zero-order valence-corrected chi connectivity index (χ0v) is 12.8. The highest BCUT2D eigenvalue weighted by Gasteiger charge is 2.28. The van der Waals surface area contributed by atoms with Crippen molar-refractivity contribution in [3.63, 3.8) is 0 Å². The number of hydrogen-bond donors (Lipinski definition) is 0. The molecule has 0 bridgehead atoms. The van der Waals surface area contributed by atoms with E-state index in [0.29, 0.717) is 5.56 Å². The SMILES string of the molecule is CN(Cc1ccccc1)CC1CCc2cc(F)ccc2C1=O. The molecule has 0 spiro atoms. The number of carbonyl (C=O) groups is 1. The molecule has 3 rings (SSSR count). The normalized spacial score (nSPS) is 17.6. The Hall–Kier alpha value is -2.00. The summed E-state index contributed by atoms with van der Waals surface area (Å²) in [4.78, 5) is 14.8. The Morgan fingerprint density at radius 3 is 2.73 bits per heavy atom. The van der Waals surface area contributed by atoms with Crippen LogP contribution in [0.1, 0.15) is 27.9 Å². The van der Waals surface area contributed by atoms with Crippen molar-refractivity contribution in [1.29, 1.82) is 0 Å². The summed E-state index contributed by atoms with van der Waals surface area (Å²) in [6.45, 7) is 1.57. The minimum Gasteiger partial charge on any atom is -0.301 e. The lowest BCUT2D eigenvalue weighted by atomic mass is 9.82. The van der Waals surface area contributed by atoms with Gasteiger partial charge < -0.3 is 4.90 Å². The Balaban J connectivity index is 1.66. The molecule has 2 aromatic carbocycles. The molecule has 22 heavy (non-hydrogen) atoms. The highest BCUT2D eigenvalue weighted by Crippen LogP contribution is 2.27. The van der Waals surface area contributed by atoms with E-state index in [1.807, 2.05) is 25.2 Å². The lowest BCUT2D eigenvalue weighted by Gasteiger charge is -2.27. The fourth-order valence-corrected chi connectivity index (χ4v) is 3.20. The van der Waals surface area contributed by atoms with Crippen molar-refractivity contribution in [2.24, 2.45) is 5.92 Å². The minimum atomic E-state index is -0.258. The average molecular weight is 297 g/mol. The maximum absolute atomic E-state index is 13.3. The van der Waals surface area contributed by atoms with Gasteiger partial charge in [0.1, 0.15) is 5.82 Å². The minimum absolute atomic E-state index is 0.00618. The highest BCUT2D eigenvalue weighted by atomic mass is 19.1. The number of benzene rings is 2. The maximum atomic E-state index is 13.3. The third-order valence-corrected chi connectivity index (χ3v) is 4.29. The van der Waals surface area contributed by atoms with Gasteiger partial charge in [0.05, 0.1) is 0 Å². The number of halogens is 1. The fraction of sp³-hybridized carbons (Fsp3) is 0.316. The van der Waals surface area contributed by atoms with Crippen LogP contribution in [0.25, 0.3) is 0 Å². The fourth-order valence-electron chi connectivity index (χ4n) is 3.20. The molecule has 2 nitrogen and oxygen atoms in total. The Morgan fingerprint density at radius 2 is 1.95 bits per heavy atom. The molecular formula is C19H20FNO. The van der Waals surface area contributed by atoms with Crippen molar-refractivity contribution < 1.29 is 9.18 Å². The molecular weight excluding hydrogens is 277 g/mol. The van der Waals surface area contributed by atoms with Gasteiger partial charge in [-0.1, -0.05) is 30.3 Å². The molecule has 1 aliphatic rings. The zero-order chi connectivity index (χ0) is 15.5. The molecule has 0 amide bonds. The van der Waals surface area contributed by atoms with Crippen LogP contribution in [-0.4, -0.2) is 24.3 Å². The number of ketones is 1. The topological polar surface area (TPSA) is 20.3 Å². The molecule has 3 heteroatoms. The lowest BCUT2D eigenvalue weighted by molar-refractivity contribution is 0.0866. The van der Waals surface area contributed by atoms with Crippen molar-refractivity contribution in [3.05, 3.63) is 71.0 Å². The van der Waals surface area contributed by atoms with E-state index >= 15 is 0 Å². The summed E-state index contributed by atoms with van der Waals surface area (Å²) in [6, 6.07) is 14.8. The molecule has 0 saturated carbocycles. The first-order valence-electron chi connectivity index (χ1n) is 7.68. The van der Waals surface area contributed by atoms with Gasteiger partial charge >= 0.3 is 0 Å². The Labute approximate surface area is 130 Å². The number of rotatable bonds is 4. The van der Waals surface area contributed by atoms with Gasteiger partial charge in [0.2, 0.25) is 0 Å². The van der Waals surface area contributed by atoms with Crippen molar-refractivity contribution in [1.82, 2.24) is 4.90 Å². The van der Waals surface area contributed by atoms with Gasteiger partial charge in [-0.2, -0.15) is 0 Å². The van der Waals surface area contributed by atoms with Crippen molar-refractivity contribution in [3.8, 4) is 0 Å². The zero-order valence-electron chi connectivity index (χ0n) is 12.8. The van der Waals surface area contributed by atoms with E-state index < -0.39 is 0 Å². The number of nitrogens with zero attached hydrogens (tertiary/aromatic N) is 1. The smallest absolute Gasteiger partial charge is 0.167 e. The third kappa shape index (κ3) is 3.25. The van der Waals surface area contributed by atoms with Crippen LogP contribution in [0.2, 0.25) is 0 Å². The van der Waals surface area contributed by atoms with E-state index in [-0.39, 0.29) is 17.5 Å². The van der Waals surface area contributed by atoms with Crippen LogP contribution in [0.5, 0.6) is 0 Å². The highest BCUT2D eigenvalue weighted by molar-refractivity contribution is 6.00. The molecule has 0 aliphatic heterocycles. The number of aryl methyl sites for hydroxylation is 1. The monoisotopic (exact) mass is 297 g/mol. The van der Waals surface area contributed by atoms with Gasteiger partial charge in [-0.3, -0.25) is 4.79 Å². The van der Waals surface area contributed by atoms with Crippen LogP contribution in [0.15, 0.2) is 48.5 Å². The van der Waals surface area contributed by atoms with Gasteiger partial charge in [0.15, 0.2) is 5.78 Å². The second kappa shape index (κ2) is 6.41. The Bertz CT molecular complexity index is 668. The molecule has 1 unspecified atom stereocenters. The summed E-state index contributed by atoms with van der Waals surface area (Å²) in [5.74, 6) is -0.0981. The van der Waals surface area contributed by atoms with Crippen LogP contribution in [0, 0.1) is 11.7 Å². The average Bonchev–Trinajstić information content (AvgIpc) is 2.51. The third-order valence-electron chi connectivity index (χ3n) is 4.29. The molecule has 1 atom stereocenters. The van der Waals surface area contributed by atoms with E-state index in [1.165, 1.54) is 17.7 Å². The van der Waals surface area contributed by atoms with E-state index in [9.17, 15) is 9.18 Å². The van der Waals surface area contributed by atoms with Crippen LogP contribution in [0.3, 0.4) is 0 Å². The summed E-state index contributed by atoms with van der Waals surface area (Å²) < 4.78 is 13.3. The maximum Gasteiger partial charge on any atom is 0.167 e. The number of hydrogen-bond acceptors (Lipinski definition) is 2. The van der Waals surface area contributed by atoms with Gasteiger partial charge in [-0.25, -0.2) is 4.39 Å². The summed E-state index contributed by atoms with van der Waals surface area (Å²) in [6.07, 6.45) is 1.58. The van der Waals surface area contributed by atoms with E-state index in [4.69, 9.17) is 0 Å². The first-order valence-corrected chi connectivity index (χ1v) is 7.68. The Morgan fingerprint density at radius 1 is 1.18 bits per heavy atom. The van der Waals surface area contributed by atoms with E-state index in [1.54, 1.807) is 6.07 Å². The first kappa shape index (κ1) is 14.9. The summed E-state index contributed by atoms with van der Waals surface area (Å²) in [5.41, 5.74) is 2.80. The largest absolute Gasteiger partial charge is 0.301 e. The van der Waals surface area contributed by atoms with E-state index in [2.05, 4.69) is 17.0 Å². The molecule has 0 heterocycles. The quantitative estimate of drug-likeness (QED) is 0.857. The molecule has 1 aliphatic carbocycles. The van der Waals surface area contributed by atoms with Gasteiger partial charge in [-0.15, -0.1) is 0 Å². The molecule has 0 radical (unpaired) electrons. The predicted octanol–water partition coefficient (Wildman–Crippen LogP) is 3.70. The molecule has 0 saturated heterocycles. The number of Topliss-reactive ketones (excluding diaryl/α,β-unsaturated/α-hetero) is 1. The molecule has 0 fully saturated rings. The molecule has 0 N–H and O–H groups in total. The van der Waals surface area contributed by atoms with Crippen LogP contribution < -0.4 is 0 Å².